The zero-order chi connectivity index (χ0) is 12.4. The van der Waals surface area contributed by atoms with Gasteiger partial charge in [-0.15, -0.1) is 0 Å². The molecule has 3 N–H and O–H groups in total. The van der Waals surface area contributed by atoms with Gasteiger partial charge in [0, 0.05) is 6.08 Å². The SMILES string of the molecule is C=CC(=O)OC(C)O.CC(CO)C(=O)O. The van der Waals surface area contributed by atoms with Crippen LogP contribution in [-0.2, 0) is 14.3 Å². The van der Waals surface area contributed by atoms with E-state index < -0.39 is 24.1 Å². The van der Waals surface area contributed by atoms with Crippen LogP contribution in [0.25, 0.3) is 0 Å². The summed E-state index contributed by atoms with van der Waals surface area (Å²) in [4.78, 5) is 19.9. The zero-order valence-corrected chi connectivity index (χ0v) is 8.71. The molecule has 0 saturated heterocycles. The van der Waals surface area contributed by atoms with Crippen LogP contribution >= 0.6 is 0 Å². The zero-order valence-electron chi connectivity index (χ0n) is 8.71. The monoisotopic (exact) mass is 220 g/mol. The number of rotatable bonds is 4. The molecule has 0 spiro atoms. The van der Waals surface area contributed by atoms with E-state index in [1.807, 2.05) is 0 Å². The van der Waals surface area contributed by atoms with Gasteiger partial charge in [0.1, 0.15) is 0 Å². The van der Waals surface area contributed by atoms with Crippen molar-refractivity contribution in [3.63, 3.8) is 0 Å². The number of ether oxygens (including phenoxy) is 1. The number of hydrogen-bond acceptors (Lipinski definition) is 5. The van der Waals surface area contributed by atoms with Crippen molar-refractivity contribution < 1.29 is 29.6 Å². The Balaban J connectivity index is 0. The number of esters is 1. The fraction of sp³-hybridized carbons (Fsp3) is 0.556. The molecule has 6 nitrogen and oxygen atoms in total. The summed E-state index contributed by atoms with van der Waals surface area (Å²) < 4.78 is 4.20. The third-order valence-electron chi connectivity index (χ3n) is 1.15. The smallest absolute Gasteiger partial charge is 0.332 e. The Morgan fingerprint density at radius 2 is 1.93 bits per heavy atom. The normalized spacial score (nSPS) is 12.8. The lowest BCUT2D eigenvalue weighted by molar-refractivity contribution is -0.158. The molecule has 0 amide bonds. The summed E-state index contributed by atoms with van der Waals surface area (Å²) in [5.74, 6) is -2.19. The van der Waals surface area contributed by atoms with Crippen LogP contribution in [0.3, 0.4) is 0 Å². The van der Waals surface area contributed by atoms with Crippen molar-refractivity contribution in [2.24, 2.45) is 5.92 Å². The van der Waals surface area contributed by atoms with Crippen LogP contribution in [-0.4, -0.2) is 40.2 Å². The van der Waals surface area contributed by atoms with E-state index in [4.69, 9.17) is 15.3 Å². The standard InChI is InChI=1S/C5H8O3.C4H8O3/c1-3-5(7)8-4(2)6;1-3(2-5)4(6)7/h3-4,6H,1H2,2H3;3,5H,2H2,1H3,(H,6,7). The van der Waals surface area contributed by atoms with E-state index in [1.54, 1.807) is 0 Å². The molecule has 2 atom stereocenters. The van der Waals surface area contributed by atoms with E-state index in [2.05, 4.69) is 11.3 Å². The fourth-order valence-electron chi connectivity index (χ4n) is 0.294. The second-order valence-corrected chi connectivity index (χ2v) is 2.66. The lowest BCUT2D eigenvalue weighted by Crippen LogP contribution is -2.12. The van der Waals surface area contributed by atoms with Crippen molar-refractivity contribution in [1.29, 1.82) is 0 Å². The first-order chi connectivity index (χ1) is 6.84. The average Bonchev–Trinajstić information content (AvgIpc) is 2.16. The highest BCUT2D eigenvalue weighted by Gasteiger charge is 2.06. The van der Waals surface area contributed by atoms with Gasteiger partial charge in [0.25, 0.3) is 0 Å². The molecule has 0 aromatic rings. The highest BCUT2D eigenvalue weighted by atomic mass is 16.6. The summed E-state index contributed by atoms with van der Waals surface area (Å²) in [6.07, 6.45) is -0.0484. The fourth-order valence-corrected chi connectivity index (χ4v) is 0.294. The van der Waals surface area contributed by atoms with Gasteiger partial charge in [-0.25, -0.2) is 4.79 Å². The number of aliphatic carboxylic acids is 1. The van der Waals surface area contributed by atoms with E-state index in [0.717, 1.165) is 6.08 Å². The Labute approximate surface area is 87.8 Å². The molecule has 0 aliphatic rings. The summed E-state index contributed by atoms with van der Waals surface area (Å²) in [6, 6.07) is 0. The van der Waals surface area contributed by atoms with E-state index in [-0.39, 0.29) is 6.61 Å². The van der Waals surface area contributed by atoms with Gasteiger partial charge in [-0.3, -0.25) is 4.79 Å². The van der Waals surface area contributed by atoms with Crippen molar-refractivity contribution in [1.82, 2.24) is 0 Å². The Morgan fingerprint density at radius 1 is 1.47 bits per heavy atom. The molecule has 88 valence electrons. The number of aliphatic hydroxyl groups is 2. The van der Waals surface area contributed by atoms with Crippen LogP contribution < -0.4 is 0 Å². The maximum absolute atomic E-state index is 10.1. The third-order valence-corrected chi connectivity index (χ3v) is 1.15. The van der Waals surface area contributed by atoms with E-state index in [9.17, 15) is 9.59 Å². The van der Waals surface area contributed by atoms with Crippen LogP contribution in [0.1, 0.15) is 13.8 Å². The van der Waals surface area contributed by atoms with Crippen LogP contribution in [0.2, 0.25) is 0 Å². The lowest BCUT2D eigenvalue weighted by Gasteiger charge is -2.01. The molecule has 6 heteroatoms. The Kier molecular flexibility index (Phi) is 9.81. The molecule has 0 aromatic heterocycles. The van der Waals surface area contributed by atoms with E-state index in [1.165, 1.54) is 13.8 Å². The van der Waals surface area contributed by atoms with Gasteiger partial charge in [0.2, 0.25) is 0 Å². The van der Waals surface area contributed by atoms with Gasteiger partial charge >= 0.3 is 11.9 Å². The second-order valence-electron chi connectivity index (χ2n) is 2.66. The molecular formula is C9H16O6. The molecule has 15 heavy (non-hydrogen) atoms. The van der Waals surface area contributed by atoms with Gasteiger partial charge in [-0.2, -0.15) is 0 Å². The van der Waals surface area contributed by atoms with Gasteiger partial charge in [0.15, 0.2) is 6.29 Å². The Bertz CT molecular complexity index is 211. The third kappa shape index (κ3) is 12.6. The molecule has 0 heterocycles. The number of carbonyl (C=O) groups excluding carboxylic acids is 1. The van der Waals surface area contributed by atoms with Gasteiger partial charge in [-0.1, -0.05) is 6.58 Å². The molecule has 0 fully saturated rings. The summed E-state index contributed by atoms with van der Waals surface area (Å²) in [5, 5.41) is 24.5. The summed E-state index contributed by atoms with van der Waals surface area (Å²) >= 11 is 0. The minimum absolute atomic E-state index is 0.282. The van der Waals surface area contributed by atoms with Crippen LogP contribution in [0, 0.1) is 5.92 Å². The second kappa shape index (κ2) is 9.17. The van der Waals surface area contributed by atoms with Crippen LogP contribution in [0.15, 0.2) is 12.7 Å². The maximum atomic E-state index is 10.1. The highest BCUT2D eigenvalue weighted by Crippen LogP contribution is 1.88. The van der Waals surface area contributed by atoms with Crippen molar-refractivity contribution in [2.45, 2.75) is 20.1 Å². The predicted octanol–water partition coefficient (Wildman–Crippen LogP) is -0.247. The maximum Gasteiger partial charge on any atom is 0.332 e. The topological polar surface area (TPSA) is 104 Å². The van der Waals surface area contributed by atoms with E-state index in [0.29, 0.717) is 0 Å². The first-order valence-corrected chi connectivity index (χ1v) is 4.19. The summed E-state index contributed by atoms with van der Waals surface area (Å²) in [5.41, 5.74) is 0. The van der Waals surface area contributed by atoms with Crippen molar-refractivity contribution >= 4 is 11.9 Å². The molecule has 0 aliphatic heterocycles. The Hall–Kier alpha value is -1.40. The molecule has 0 aliphatic carbocycles. The lowest BCUT2D eigenvalue weighted by atomic mass is 10.2. The number of carboxylic acid groups (broad SMARTS) is 1. The van der Waals surface area contributed by atoms with Gasteiger partial charge in [-0.05, 0) is 13.8 Å². The van der Waals surface area contributed by atoms with Crippen molar-refractivity contribution in [2.75, 3.05) is 6.61 Å². The van der Waals surface area contributed by atoms with Gasteiger partial charge < -0.3 is 20.1 Å². The predicted molar refractivity (Wildman–Crippen MR) is 51.9 cm³/mol. The summed E-state index contributed by atoms with van der Waals surface area (Å²) in [7, 11) is 0. The molecule has 2 unspecified atom stereocenters. The van der Waals surface area contributed by atoms with Crippen molar-refractivity contribution in [3.05, 3.63) is 12.7 Å². The molecule has 0 saturated carbocycles. The molecule has 0 radical (unpaired) electrons. The molecule has 0 bridgehead atoms. The quantitative estimate of drug-likeness (QED) is 0.343. The molecule has 0 rings (SSSR count). The number of aliphatic hydroxyl groups excluding tert-OH is 2. The highest BCUT2D eigenvalue weighted by molar-refractivity contribution is 5.81. The largest absolute Gasteiger partial charge is 0.481 e. The minimum atomic E-state index is -1.04. The summed E-state index contributed by atoms with van der Waals surface area (Å²) in [6.45, 7) is 5.64. The first-order valence-electron chi connectivity index (χ1n) is 4.19. The van der Waals surface area contributed by atoms with Crippen LogP contribution in [0.4, 0.5) is 0 Å². The molecule has 0 aromatic carbocycles. The number of carbonyl (C=O) groups is 2. The minimum Gasteiger partial charge on any atom is -0.481 e. The van der Waals surface area contributed by atoms with Gasteiger partial charge in [0.05, 0.1) is 12.5 Å². The number of carboxylic acids is 1. The molecular weight excluding hydrogens is 204 g/mol. The Morgan fingerprint density at radius 3 is 2.00 bits per heavy atom. The first kappa shape index (κ1) is 16.0. The average molecular weight is 220 g/mol. The van der Waals surface area contributed by atoms with Crippen LogP contribution in [0.5, 0.6) is 0 Å². The number of hydrogen-bond donors (Lipinski definition) is 3. The van der Waals surface area contributed by atoms with E-state index >= 15 is 0 Å². The van der Waals surface area contributed by atoms with Crippen molar-refractivity contribution in [3.8, 4) is 0 Å².